The fourth-order valence-electron chi connectivity index (χ4n) is 1.68. The molecule has 2 rings (SSSR count). The molecule has 0 atom stereocenters. The van der Waals surface area contributed by atoms with E-state index in [4.69, 9.17) is 5.73 Å². The van der Waals surface area contributed by atoms with Gasteiger partial charge in [0.25, 0.3) is 0 Å². The normalized spacial score (nSPS) is 11.8. The molecule has 0 aromatic rings. The van der Waals surface area contributed by atoms with Crippen molar-refractivity contribution in [3.05, 3.63) is 17.7 Å². The molecule has 0 aromatic heterocycles. The molecule has 1 nitrogen and oxygen atoms in total. The molecule has 0 fully saturated rings. The molecule has 2 aliphatic rings. The number of benzene rings is 1. The molecular weight excluding hydrogens is 146 g/mol. The Balaban J connectivity index is 1.94. The highest BCUT2D eigenvalue weighted by molar-refractivity contribution is 5.94. The standard InChI is InChI=1S/C11H15N/c1-2-3-4-5-8-6-9-7-10(9)11(8)12/h6-7H,2-5,12H2,1H3. The largest absolute Gasteiger partial charge is 0.398 e. The Morgan fingerprint density at radius 1 is 1.25 bits per heavy atom. The maximum absolute atomic E-state index is 5.91. The maximum atomic E-state index is 5.91. The first-order chi connectivity index (χ1) is 5.83. The van der Waals surface area contributed by atoms with Gasteiger partial charge in [-0.1, -0.05) is 19.8 Å². The Bertz CT molecular complexity index is 302. The summed E-state index contributed by atoms with van der Waals surface area (Å²) in [5, 5.41) is 0. The lowest BCUT2D eigenvalue weighted by atomic mass is 10.1. The van der Waals surface area contributed by atoms with E-state index in [2.05, 4.69) is 19.1 Å². The van der Waals surface area contributed by atoms with Crippen LogP contribution in [-0.2, 0) is 6.42 Å². The van der Waals surface area contributed by atoms with Gasteiger partial charge in [-0.25, -0.2) is 0 Å². The molecule has 0 unspecified atom stereocenters. The van der Waals surface area contributed by atoms with Gasteiger partial charge in [-0.3, -0.25) is 0 Å². The molecule has 2 N–H and O–H groups in total. The zero-order chi connectivity index (χ0) is 8.55. The summed E-state index contributed by atoms with van der Waals surface area (Å²) >= 11 is 0. The van der Waals surface area contributed by atoms with Crippen LogP contribution in [-0.4, -0.2) is 0 Å². The first kappa shape index (κ1) is 7.66. The third kappa shape index (κ3) is 1.20. The second-order valence-corrected chi connectivity index (χ2v) is 3.55. The molecular formula is C11H15N. The van der Waals surface area contributed by atoms with Crippen molar-refractivity contribution < 1.29 is 0 Å². The predicted molar refractivity (Wildman–Crippen MR) is 53.1 cm³/mol. The SMILES string of the molecule is CCCCCc1cc2cc-2c1N. The highest BCUT2D eigenvalue weighted by atomic mass is 14.6. The number of anilines is 1. The Morgan fingerprint density at radius 2 is 2.08 bits per heavy atom. The number of unbranched alkanes of at least 4 members (excludes halogenated alkanes) is 2. The lowest BCUT2D eigenvalue weighted by Gasteiger charge is -1.98. The number of nitrogen functional groups attached to an aromatic ring is 1. The summed E-state index contributed by atoms with van der Waals surface area (Å²) in [6, 6.07) is 4.39. The van der Waals surface area contributed by atoms with Gasteiger partial charge in [-0.15, -0.1) is 0 Å². The van der Waals surface area contributed by atoms with E-state index in [1.165, 1.54) is 42.4 Å². The van der Waals surface area contributed by atoms with Crippen LogP contribution >= 0.6 is 0 Å². The van der Waals surface area contributed by atoms with Crippen LogP contribution in [0.5, 0.6) is 0 Å². The Morgan fingerprint density at radius 3 is 2.67 bits per heavy atom. The van der Waals surface area contributed by atoms with Gasteiger partial charge in [0.1, 0.15) is 0 Å². The van der Waals surface area contributed by atoms with Crippen molar-refractivity contribution in [1.29, 1.82) is 0 Å². The summed E-state index contributed by atoms with van der Waals surface area (Å²) in [7, 11) is 0. The average molecular weight is 161 g/mol. The van der Waals surface area contributed by atoms with Crippen LogP contribution < -0.4 is 5.73 Å². The second-order valence-electron chi connectivity index (χ2n) is 3.55. The molecule has 0 heterocycles. The minimum absolute atomic E-state index is 1.04. The topological polar surface area (TPSA) is 26.0 Å². The van der Waals surface area contributed by atoms with Crippen molar-refractivity contribution in [2.75, 3.05) is 5.73 Å². The molecule has 0 aromatic carbocycles. The van der Waals surface area contributed by atoms with Crippen LogP contribution in [0.3, 0.4) is 0 Å². The van der Waals surface area contributed by atoms with E-state index in [9.17, 15) is 0 Å². The van der Waals surface area contributed by atoms with Gasteiger partial charge >= 0.3 is 0 Å². The van der Waals surface area contributed by atoms with Gasteiger partial charge in [0.05, 0.1) is 0 Å². The maximum Gasteiger partial charge on any atom is 0.0426 e. The number of rotatable bonds is 4. The smallest absolute Gasteiger partial charge is 0.0426 e. The summed E-state index contributed by atoms with van der Waals surface area (Å²) in [5.74, 6) is 0. The van der Waals surface area contributed by atoms with Crippen LogP contribution in [0.2, 0.25) is 0 Å². The van der Waals surface area contributed by atoms with E-state index in [0.29, 0.717) is 0 Å². The molecule has 0 aliphatic heterocycles. The molecule has 1 heteroatoms. The van der Waals surface area contributed by atoms with E-state index in [0.717, 1.165) is 5.69 Å². The molecule has 0 bridgehead atoms. The second kappa shape index (κ2) is 2.81. The minimum atomic E-state index is 1.04. The van der Waals surface area contributed by atoms with Crippen LogP contribution in [0.4, 0.5) is 5.69 Å². The van der Waals surface area contributed by atoms with Crippen LogP contribution in [0.15, 0.2) is 12.1 Å². The number of hydrogen-bond donors (Lipinski definition) is 1. The molecule has 0 spiro atoms. The van der Waals surface area contributed by atoms with Gasteiger partial charge in [0.2, 0.25) is 0 Å². The first-order valence-electron chi connectivity index (χ1n) is 4.75. The number of nitrogens with two attached hydrogens (primary N) is 1. The van der Waals surface area contributed by atoms with Crippen molar-refractivity contribution in [3.8, 4) is 11.1 Å². The molecule has 2 aliphatic carbocycles. The molecule has 12 heavy (non-hydrogen) atoms. The molecule has 0 amide bonds. The van der Waals surface area contributed by atoms with E-state index in [-0.39, 0.29) is 0 Å². The number of hydrogen-bond acceptors (Lipinski definition) is 1. The predicted octanol–water partition coefficient (Wildman–Crippen LogP) is 2.98. The number of fused-ring (bicyclic) bond motifs is 1. The van der Waals surface area contributed by atoms with Gasteiger partial charge < -0.3 is 5.73 Å². The van der Waals surface area contributed by atoms with E-state index < -0.39 is 0 Å². The third-order valence-electron chi connectivity index (χ3n) is 2.54. The first-order valence-corrected chi connectivity index (χ1v) is 4.75. The lowest BCUT2D eigenvalue weighted by molar-refractivity contribution is 0.719. The fourth-order valence-corrected chi connectivity index (χ4v) is 1.68. The molecule has 64 valence electrons. The van der Waals surface area contributed by atoms with Gasteiger partial charge in [-0.05, 0) is 36.1 Å². The van der Waals surface area contributed by atoms with Crippen LogP contribution in [0, 0.1) is 0 Å². The molecule has 0 saturated carbocycles. The average Bonchev–Trinajstić information content (AvgIpc) is 2.76. The summed E-state index contributed by atoms with van der Waals surface area (Å²) in [5.41, 5.74) is 11.0. The van der Waals surface area contributed by atoms with Crippen molar-refractivity contribution in [2.24, 2.45) is 0 Å². The van der Waals surface area contributed by atoms with Gasteiger partial charge in [0.15, 0.2) is 0 Å². The summed E-state index contributed by atoms with van der Waals surface area (Å²) < 4.78 is 0. The van der Waals surface area contributed by atoms with Crippen LogP contribution in [0.25, 0.3) is 11.1 Å². The Hall–Kier alpha value is -0.980. The van der Waals surface area contributed by atoms with E-state index in [1.54, 1.807) is 0 Å². The van der Waals surface area contributed by atoms with Gasteiger partial charge in [-0.2, -0.15) is 0 Å². The molecule has 0 radical (unpaired) electrons. The quantitative estimate of drug-likeness (QED) is 0.541. The molecule has 0 saturated heterocycles. The summed E-state index contributed by atoms with van der Waals surface area (Å²) in [4.78, 5) is 0. The Labute approximate surface area is 73.6 Å². The van der Waals surface area contributed by atoms with Crippen molar-refractivity contribution in [2.45, 2.75) is 32.6 Å². The summed E-state index contributed by atoms with van der Waals surface area (Å²) in [6.45, 7) is 2.23. The highest BCUT2D eigenvalue weighted by Gasteiger charge is 2.19. The zero-order valence-corrected chi connectivity index (χ0v) is 7.56. The monoisotopic (exact) mass is 161 g/mol. The Kier molecular flexibility index (Phi) is 1.80. The van der Waals surface area contributed by atoms with Crippen molar-refractivity contribution in [3.63, 3.8) is 0 Å². The van der Waals surface area contributed by atoms with Crippen molar-refractivity contribution >= 4 is 5.69 Å². The zero-order valence-electron chi connectivity index (χ0n) is 7.56. The number of aryl methyl sites for hydroxylation is 1. The fraction of sp³-hybridized carbons (Fsp3) is 0.455. The van der Waals surface area contributed by atoms with Crippen molar-refractivity contribution in [1.82, 2.24) is 0 Å². The summed E-state index contributed by atoms with van der Waals surface area (Å²) in [6.07, 6.45) is 5.05. The van der Waals surface area contributed by atoms with Crippen LogP contribution in [0.1, 0.15) is 31.7 Å². The van der Waals surface area contributed by atoms with Gasteiger partial charge in [0, 0.05) is 11.3 Å². The lowest BCUT2D eigenvalue weighted by Crippen LogP contribution is -1.90. The minimum Gasteiger partial charge on any atom is -0.398 e. The third-order valence-corrected chi connectivity index (χ3v) is 2.54. The van der Waals surface area contributed by atoms with E-state index in [1.807, 2.05) is 0 Å². The van der Waals surface area contributed by atoms with E-state index >= 15 is 0 Å². The highest BCUT2D eigenvalue weighted by Crippen LogP contribution is 2.43.